The van der Waals surface area contributed by atoms with Gasteiger partial charge >= 0.3 is 0 Å². The SMILES string of the molecule is Cc1ccc(C(=O)C2CCC(C(C)(C)C)CC2)cc1Cl. The summed E-state index contributed by atoms with van der Waals surface area (Å²) in [4.78, 5) is 12.6. The van der Waals surface area contributed by atoms with E-state index in [1.807, 2.05) is 25.1 Å². The number of carbonyl (C=O) groups is 1. The molecule has 1 aromatic rings. The smallest absolute Gasteiger partial charge is 0.165 e. The molecule has 1 saturated carbocycles. The van der Waals surface area contributed by atoms with Gasteiger partial charge in [0.1, 0.15) is 0 Å². The summed E-state index contributed by atoms with van der Waals surface area (Å²) in [5.41, 5.74) is 2.17. The number of Topliss-reactive ketones (excluding diaryl/α,β-unsaturated/α-hetero) is 1. The van der Waals surface area contributed by atoms with Crippen LogP contribution in [0.4, 0.5) is 0 Å². The maximum Gasteiger partial charge on any atom is 0.165 e. The van der Waals surface area contributed by atoms with Gasteiger partial charge in [0.2, 0.25) is 0 Å². The zero-order chi connectivity index (χ0) is 14.9. The third kappa shape index (κ3) is 3.44. The summed E-state index contributed by atoms with van der Waals surface area (Å²) in [5, 5.41) is 0.694. The van der Waals surface area contributed by atoms with Crippen LogP contribution in [-0.2, 0) is 0 Å². The first-order valence-corrected chi connectivity index (χ1v) is 7.97. The molecule has 0 N–H and O–H groups in total. The normalized spacial score (nSPS) is 23.6. The first kappa shape index (κ1) is 15.6. The van der Waals surface area contributed by atoms with Crippen LogP contribution in [0, 0.1) is 24.2 Å². The minimum atomic E-state index is 0.187. The van der Waals surface area contributed by atoms with Crippen molar-refractivity contribution in [2.24, 2.45) is 17.3 Å². The summed E-state index contributed by atoms with van der Waals surface area (Å²) in [6.07, 6.45) is 4.37. The predicted molar refractivity (Wildman–Crippen MR) is 85.4 cm³/mol. The Kier molecular flexibility index (Phi) is 4.59. The Balaban J connectivity index is 2.03. The van der Waals surface area contributed by atoms with E-state index in [1.165, 1.54) is 12.8 Å². The molecule has 0 bridgehead atoms. The van der Waals surface area contributed by atoms with Crippen molar-refractivity contribution >= 4 is 17.4 Å². The molecule has 0 unspecified atom stereocenters. The summed E-state index contributed by atoms with van der Waals surface area (Å²) in [7, 11) is 0. The van der Waals surface area contributed by atoms with Gasteiger partial charge in [-0.15, -0.1) is 0 Å². The molecule has 110 valence electrons. The second-order valence-corrected chi connectivity index (χ2v) is 7.65. The molecule has 0 aliphatic heterocycles. The Morgan fingerprint density at radius 2 is 1.75 bits per heavy atom. The molecule has 20 heavy (non-hydrogen) atoms. The standard InChI is InChI=1S/C18H25ClO/c1-12-5-6-14(11-16(12)19)17(20)13-7-9-15(10-8-13)18(2,3)4/h5-6,11,13,15H,7-10H2,1-4H3. The van der Waals surface area contributed by atoms with Gasteiger partial charge in [-0.05, 0) is 55.6 Å². The fraction of sp³-hybridized carbons (Fsp3) is 0.611. The van der Waals surface area contributed by atoms with E-state index >= 15 is 0 Å². The second-order valence-electron chi connectivity index (χ2n) is 7.24. The quantitative estimate of drug-likeness (QED) is 0.641. The van der Waals surface area contributed by atoms with Crippen LogP contribution in [0.1, 0.15) is 62.4 Å². The van der Waals surface area contributed by atoms with Gasteiger partial charge in [0, 0.05) is 16.5 Å². The number of aryl methyl sites for hydroxylation is 1. The minimum Gasteiger partial charge on any atom is -0.294 e. The van der Waals surface area contributed by atoms with Crippen molar-refractivity contribution in [3.8, 4) is 0 Å². The van der Waals surface area contributed by atoms with E-state index in [0.717, 1.165) is 29.9 Å². The van der Waals surface area contributed by atoms with Crippen molar-refractivity contribution in [3.05, 3.63) is 34.3 Å². The number of halogens is 1. The Morgan fingerprint density at radius 1 is 1.15 bits per heavy atom. The molecule has 0 saturated heterocycles. The third-order valence-electron chi connectivity index (χ3n) is 4.78. The van der Waals surface area contributed by atoms with Crippen LogP contribution >= 0.6 is 11.6 Å². The van der Waals surface area contributed by atoms with Crippen molar-refractivity contribution in [2.45, 2.75) is 53.4 Å². The van der Waals surface area contributed by atoms with E-state index in [2.05, 4.69) is 20.8 Å². The molecule has 0 atom stereocenters. The lowest BCUT2D eigenvalue weighted by Gasteiger charge is -2.36. The number of hydrogen-bond donors (Lipinski definition) is 0. The van der Waals surface area contributed by atoms with E-state index in [9.17, 15) is 4.79 Å². The van der Waals surface area contributed by atoms with Gasteiger partial charge in [0.25, 0.3) is 0 Å². The molecule has 1 fully saturated rings. The predicted octanol–water partition coefficient (Wildman–Crippen LogP) is 5.68. The summed E-state index contributed by atoms with van der Waals surface area (Å²) in [6.45, 7) is 8.88. The lowest BCUT2D eigenvalue weighted by Crippen LogP contribution is -2.28. The number of rotatable bonds is 2. The van der Waals surface area contributed by atoms with Crippen LogP contribution in [0.5, 0.6) is 0 Å². The molecule has 1 nitrogen and oxygen atoms in total. The number of benzene rings is 1. The van der Waals surface area contributed by atoms with Crippen LogP contribution in [-0.4, -0.2) is 5.78 Å². The molecule has 1 aliphatic carbocycles. The zero-order valence-corrected chi connectivity index (χ0v) is 13.8. The Labute approximate surface area is 127 Å². The third-order valence-corrected chi connectivity index (χ3v) is 5.19. The maximum atomic E-state index is 12.6. The van der Waals surface area contributed by atoms with Gasteiger partial charge in [0.05, 0.1) is 0 Å². The minimum absolute atomic E-state index is 0.187. The molecule has 2 heteroatoms. The molecular formula is C18H25ClO. The molecule has 0 spiro atoms. The van der Waals surface area contributed by atoms with Gasteiger partial charge in [-0.2, -0.15) is 0 Å². The maximum absolute atomic E-state index is 12.6. The van der Waals surface area contributed by atoms with E-state index in [1.54, 1.807) is 0 Å². The highest BCUT2D eigenvalue weighted by Gasteiger charge is 2.32. The first-order chi connectivity index (χ1) is 9.29. The van der Waals surface area contributed by atoms with E-state index < -0.39 is 0 Å². The van der Waals surface area contributed by atoms with Gasteiger partial charge in [-0.25, -0.2) is 0 Å². The van der Waals surface area contributed by atoms with Crippen molar-refractivity contribution in [1.82, 2.24) is 0 Å². The molecule has 0 amide bonds. The summed E-state index contributed by atoms with van der Waals surface area (Å²) < 4.78 is 0. The highest BCUT2D eigenvalue weighted by molar-refractivity contribution is 6.31. The Bertz CT molecular complexity index is 491. The second kappa shape index (κ2) is 5.89. The Hall–Kier alpha value is -0.820. The van der Waals surface area contributed by atoms with Crippen LogP contribution in [0.3, 0.4) is 0 Å². The number of ketones is 1. The van der Waals surface area contributed by atoms with Crippen LogP contribution < -0.4 is 0 Å². The average Bonchev–Trinajstić information content (AvgIpc) is 2.40. The summed E-state index contributed by atoms with van der Waals surface area (Å²) in [6, 6.07) is 5.69. The highest BCUT2D eigenvalue weighted by atomic mass is 35.5. The van der Waals surface area contributed by atoms with E-state index in [-0.39, 0.29) is 11.7 Å². The van der Waals surface area contributed by atoms with Gasteiger partial charge in [-0.1, -0.05) is 44.5 Å². The Morgan fingerprint density at radius 3 is 2.25 bits per heavy atom. The summed E-state index contributed by atoms with van der Waals surface area (Å²) >= 11 is 6.13. The topological polar surface area (TPSA) is 17.1 Å². The molecule has 0 heterocycles. The zero-order valence-electron chi connectivity index (χ0n) is 13.0. The number of hydrogen-bond acceptors (Lipinski definition) is 1. The van der Waals surface area contributed by atoms with Crippen molar-refractivity contribution < 1.29 is 4.79 Å². The monoisotopic (exact) mass is 292 g/mol. The molecule has 1 aromatic carbocycles. The van der Waals surface area contributed by atoms with Crippen molar-refractivity contribution in [2.75, 3.05) is 0 Å². The highest BCUT2D eigenvalue weighted by Crippen LogP contribution is 2.40. The van der Waals surface area contributed by atoms with Crippen molar-refractivity contribution in [1.29, 1.82) is 0 Å². The molecular weight excluding hydrogens is 268 g/mol. The molecule has 1 aliphatic rings. The van der Waals surface area contributed by atoms with Crippen molar-refractivity contribution in [3.63, 3.8) is 0 Å². The van der Waals surface area contributed by atoms with E-state index in [0.29, 0.717) is 10.4 Å². The lowest BCUT2D eigenvalue weighted by atomic mass is 9.69. The van der Waals surface area contributed by atoms with Gasteiger partial charge < -0.3 is 0 Å². The lowest BCUT2D eigenvalue weighted by molar-refractivity contribution is 0.0819. The summed E-state index contributed by atoms with van der Waals surface area (Å²) in [5.74, 6) is 1.21. The molecule has 0 radical (unpaired) electrons. The number of carbonyl (C=O) groups excluding carboxylic acids is 1. The molecule has 2 rings (SSSR count). The first-order valence-electron chi connectivity index (χ1n) is 7.59. The van der Waals surface area contributed by atoms with Gasteiger partial charge in [-0.3, -0.25) is 4.79 Å². The molecule has 0 aromatic heterocycles. The fourth-order valence-electron chi connectivity index (χ4n) is 3.20. The van der Waals surface area contributed by atoms with E-state index in [4.69, 9.17) is 11.6 Å². The van der Waals surface area contributed by atoms with Crippen LogP contribution in [0.15, 0.2) is 18.2 Å². The fourth-order valence-corrected chi connectivity index (χ4v) is 3.38. The van der Waals surface area contributed by atoms with Gasteiger partial charge in [0.15, 0.2) is 5.78 Å². The van der Waals surface area contributed by atoms with Crippen LogP contribution in [0.2, 0.25) is 5.02 Å². The van der Waals surface area contributed by atoms with Crippen LogP contribution in [0.25, 0.3) is 0 Å². The average molecular weight is 293 g/mol. The largest absolute Gasteiger partial charge is 0.294 e.